The molecule has 0 aliphatic rings. The van der Waals surface area contributed by atoms with Crippen LogP contribution in [0.4, 0.5) is 13.2 Å². The smallest absolute Gasteiger partial charge is 0.377 e. The molecule has 2 heterocycles. The van der Waals surface area contributed by atoms with Gasteiger partial charge in [0.1, 0.15) is 5.01 Å². The van der Waals surface area contributed by atoms with Crippen LogP contribution in [-0.4, -0.2) is 26.9 Å². The van der Waals surface area contributed by atoms with E-state index in [-0.39, 0.29) is 5.82 Å². The molecule has 0 unspecified atom stereocenters. The van der Waals surface area contributed by atoms with Crippen LogP contribution < -0.4 is 0 Å². The average molecular weight is 314 g/mol. The normalized spacial score (nSPS) is 12.2. The van der Waals surface area contributed by atoms with Crippen LogP contribution in [0.15, 0.2) is 24.3 Å². The van der Waals surface area contributed by atoms with Gasteiger partial charge in [-0.05, 0) is 12.1 Å². The summed E-state index contributed by atoms with van der Waals surface area (Å²) >= 11 is 1.28. The Balaban J connectivity index is 2.08. The Morgan fingerprint density at radius 1 is 1.29 bits per heavy atom. The maximum Gasteiger partial charge on any atom is 0.416 e. The number of hydrogen-bond donors (Lipinski definition) is 0. The third-order valence-electron chi connectivity index (χ3n) is 2.75. The lowest BCUT2D eigenvalue weighted by Gasteiger charge is -2.07. The largest absolute Gasteiger partial charge is 0.416 e. The molecule has 0 amide bonds. The van der Waals surface area contributed by atoms with Gasteiger partial charge in [0, 0.05) is 12.7 Å². The fourth-order valence-corrected chi connectivity index (χ4v) is 2.66. The van der Waals surface area contributed by atoms with Crippen LogP contribution in [0.5, 0.6) is 0 Å². The molecular weight excluding hydrogens is 305 g/mol. The van der Waals surface area contributed by atoms with E-state index in [0.717, 1.165) is 12.1 Å². The molecule has 0 saturated heterocycles. The van der Waals surface area contributed by atoms with Crippen molar-refractivity contribution in [2.75, 3.05) is 7.11 Å². The zero-order valence-electron chi connectivity index (χ0n) is 10.8. The van der Waals surface area contributed by atoms with Crippen LogP contribution in [0.1, 0.15) is 10.6 Å². The molecule has 2 aromatic heterocycles. The molecule has 3 rings (SSSR count). The lowest BCUT2D eigenvalue weighted by Crippen LogP contribution is -2.05. The SMILES string of the molecule is COCc1nn2c(-c3cccc(C(F)(F)F)c3)nnc2s1. The van der Waals surface area contributed by atoms with Gasteiger partial charge in [0.15, 0.2) is 5.82 Å². The maximum absolute atomic E-state index is 12.8. The third-order valence-corrected chi connectivity index (χ3v) is 3.62. The maximum atomic E-state index is 12.8. The van der Waals surface area contributed by atoms with Gasteiger partial charge in [-0.2, -0.15) is 22.8 Å². The number of aromatic nitrogens is 4. The Labute approximate surface area is 121 Å². The number of alkyl halides is 3. The lowest BCUT2D eigenvalue weighted by molar-refractivity contribution is -0.137. The Bertz CT molecular complexity index is 780. The number of methoxy groups -OCH3 is 1. The van der Waals surface area contributed by atoms with E-state index in [4.69, 9.17) is 4.74 Å². The average Bonchev–Trinajstić information content (AvgIpc) is 2.98. The van der Waals surface area contributed by atoms with Crippen molar-refractivity contribution in [1.29, 1.82) is 0 Å². The minimum atomic E-state index is -4.40. The highest BCUT2D eigenvalue weighted by Gasteiger charge is 2.30. The molecular formula is C12H9F3N4OS. The summed E-state index contributed by atoms with van der Waals surface area (Å²) in [5, 5.41) is 12.7. The molecule has 0 atom stereocenters. The van der Waals surface area contributed by atoms with Crippen molar-refractivity contribution in [2.24, 2.45) is 0 Å². The first-order valence-electron chi connectivity index (χ1n) is 5.87. The standard InChI is InChI=1S/C12H9F3N4OS/c1-20-6-9-18-19-10(16-17-11(19)21-9)7-3-2-4-8(5-7)12(13,14)15/h2-5H,6H2,1H3. The third kappa shape index (κ3) is 2.61. The van der Waals surface area contributed by atoms with E-state index in [0.29, 0.717) is 22.1 Å². The van der Waals surface area contributed by atoms with Crippen LogP contribution in [0.2, 0.25) is 0 Å². The summed E-state index contributed by atoms with van der Waals surface area (Å²) < 4.78 is 44.7. The number of benzene rings is 1. The van der Waals surface area contributed by atoms with Gasteiger partial charge in [0.25, 0.3) is 0 Å². The molecule has 0 fully saturated rings. The highest BCUT2D eigenvalue weighted by molar-refractivity contribution is 7.16. The molecule has 3 aromatic rings. The van der Waals surface area contributed by atoms with Crippen molar-refractivity contribution >= 4 is 16.3 Å². The first kappa shape index (κ1) is 14.0. The van der Waals surface area contributed by atoms with Gasteiger partial charge in [-0.25, -0.2) is 0 Å². The molecule has 0 aliphatic heterocycles. The number of ether oxygens (including phenoxy) is 1. The van der Waals surface area contributed by atoms with E-state index in [2.05, 4.69) is 15.3 Å². The molecule has 0 radical (unpaired) electrons. The number of nitrogens with zero attached hydrogens (tertiary/aromatic N) is 4. The van der Waals surface area contributed by atoms with Crippen molar-refractivity contribution in [3.05, 3.63) is 34.8 Å². The highest BCUT2D eigenvalue weighted by atomic mass is 32.1. The second-order valence-corrected chi connectivity index (χ2v) is 5.27. The first-order valence-corrected chi connectivity index (χ1v) is 6.68. The van der Waals surface area contributed by atoms with Crippen LogP contribution in [0.3, 0.4) is 0 Å². The Kier molecular flexibility index (Phi) is 3.38. The first-order chi connectivity index (χ1) is 9.99. The number of hydrogen-bond acceptors (Lipinski definition) is 5. The van der Waals surface area contributed by atoms with Crippen molar-refractivity contribution in [3.8, 4) is 11.4 Å². The molecule has 5 nitrogen and oxygen atoms in total. The van der Waals surface area contributed by atoms with E-state index < -0.39 is 11.7 Å². The summed E-state index contributed by atoms with van der Waals surface area (Å²) in [4.78, 5) is 0.509. The molecule has 21 heavy (non-hydrogen) atoms. The zero-order chi connectivity index (χ0) is 15.0. The van der Waals surface area contributed by atoms with Gasteiger partial charge >= 0.3 is 6.18 Å². The summed E-state index contributed by atoms with van der Waals surface area (Å²) in [7, 11) is 1.54. The zero-order valence-corrected chi connectivity index (χ0v) is 11.6. The van der Waals surface area contributed by atoms with Crippen LogP contribution in [0.25, 0.3) is 16.3 Å². The summed E-state index contributed by atoms with van der Waals surface area (Å²) in [6.45, 7) is 0.316. The second kappa shape index (κ2) is 5.08. The Morgan fingerprint density at radius 2 is 2.10 bits per heavy atom. The van der Waals surface area contributed by atoms with E-state index in [1.807, 2.05) is 0 Å². The topological polar surface area (TPSA) is 52.3 Å². The van der Waals surface area contributed by atoms with Gasteiger partial charge in [0.2, 0.25) is 4.96 Å². The van der Waals surface area contributed by atoms with E-state index in [9.17, 15) is 13.2 Å². The molecule has 0 spiro atoms. The highest BCUT2D eigenvalue weighted by Crippen LogP contribution is 2.32. The summed E-state index contributed by atoms with van der Waals surface area (Å²) in [5.74, 6) is 0.273. The fraction of sp³-hybridized carbons (Fsp3) is 0.250. The minimum absolute atomic E-state index is 0.273. The van der Waals surface area contributed by atoms with E-state index >= 15 is 0 Å². The number of halogens is 3. The minimum Gasteiger partial charge on any atom is -0.377 e. The summed E-state index contributed by atoms with van der Waals surface area (Å²) in [5.41, 5.74) is -0.421. The quantitative estimate of drug-likeness (QED) is 0.746. The monoisotopic (exact) mass is 314 g/mol. The van der Waals surface area contributed by atoms with Gasteiger partial charge in [0.05, 0.1) is 12.2 Å². The summed E-state index contributed by atoms with van der Waals surface area (Å²) in [6, 6.07) is 4.92. The van der Waals surface area contributed by atoms with Crippen LogP contribution in [-0.2, 0) is 17.5 Å². The van der Waals surface area contributed by atoms with Gasteiger partial charge in [-0.1, -0.05) is 23.5 Å². The van der Waals surface area contributed by atoms with Crippen LogP contribution >= 0.6 is 11.3 Å². The van der Waals surface area contributed by atoms with Gasteiger partial charge in [-0.3, -0.25) is 0 Å². The van der Waals surface area contributed by atoms with Crippen molar-refractivity contribution in [3.63, 3.8) is 0 Å². The van der Waals surface area contributed by atoms with Gasteiger partial charge < -0.3 is 4.74 Å². The predicted molar refractivity (Wildman–Crippen MR) is 69.8 cm³/mol. The molecule has 9 heteroatoms. The predicted octanol–water partition coefficient (Wildman–Crippen LogP) is 3.02. The lowest BCUT2D eigenvalue weighted by atomic mass is 10.1. The number of fused-ring (bicyclic) bond motifs is 1. The summed E-state index contributed by atoms with van der Waals surface area (Å²) in [6.07, 6.45) is -4.40. The van der Waals surface area contributed by atoms with Crippen molar-refractivity contribution in [1.82, 2.24) is 19.8 Å². The second-order valence-electron chi connectivity index (χ2n) is 4.23. The molecule has 110 valence electrons. The Morgan fingerprint density at radius 3 is 2.81 bits per heavy atom. The van der Waals surface area contributed by atoms with Gasteiger partial charge in [-0.15, -0.1) is 10.2 Å². The fourth-order valence-electron chi connectivity index (χ4n) is 1.85. The molecule has 0 N–H and O–H groups in total. The van der Waals surface area contributed by atoms with Crippen LogP contribution in [0, 0.1) is 0 Å². The molecule has 0 saturated carbocycles. The number of rotatable bonds is 3. The Hall–Kier alpha value is -2.00. The molecule has 1 aromatic carbocycles. The molecule has 0 bridgehead atoms. The molecule has 0 aliphatic carbocycles. The van der Waals surface area contributed by atoms with E-state index in [1.165, 1.54) is 29.0 Å². The van der Waals surface area contributed by atoms with Crippen molar-refractivity contribution in [2.45, 2.75) is 12.8 Å². The van der Waals surface area contributed by atoms with Crippen molar-refractivity contribution < 1.29 is 17.9 Å². The van der Waals surface area contributed by atoms with E-state index in [1.54, 1.807) is 6.07 Å².